The van der Waals surface area contributed by atoms with Crippen molar-refractivity contribution in [3.63, 3.8) is 0 Å². The maximum Gasteiger partial charge on any atom is 0.241 e. The van der Waals surface area contributed by atoms with Gasteiger partial charge in [0, 0.05) is 48.1 Å². The first kappa shape index (κ1) is 38.1. The van der Waals surface area contributed by atoms with Crippen molar-refractivity contribution in [2.24, 2.45) is 23.3 Å². The lowest BCUT2D eigenvalue weighted by molar-refractivity contribution is -0.120. The third-order valence-electron chi connectivity index (χ3n) is 8.12. The number of carbonyl (C=O) groups is 2. The fourth-order valence-electron chi connectivity index (χ4n) is 4.85. The van der Waals surface area contributed by atoms with Gasteiger partial charge in [0.15, 0.2) is 0 Å². The third-order valence-corrected chi connectivity index (χ3v) is 10.7. The fourth-order valence-corrected chi connectivity index (χ4v) is 7.25. The van der Waals surface area contributed by atoms with Gasteiger partial charge in [0.1, 0.15) is 0 Å². The quantitative estimate of drug-likeness (QED) is 0.0867. The maximum absolute atomic E-state index is 13.2. The van der Waals surface area contributed by atoms with E-state index in [2.05, 4.69) is 61.1 Å². The lowest BCUT2D eigenvalue weighted by Gasteiger charge is -2.26. The van der Waals surface area contributed by atoms with E-state index in [0.29, 0.717) is 13.1 Å². The van der Waals surface area contributed by atoms with Crippen molar-refractivity contribution >= 4 is 44.8 Å². The molecule has 0 fully saturated rings. The minimum atomic E-state index is -0.325. The Kier molecular flexibility index (Phi) is 16.8. The molecule has 0 saturated carbocycles. The molecule has 0 aliphatic rings. The Labute approximate surface area is 273 Å². The second kappa shape index (κ2) is 19.4. The van der Waals surface area contributed by atoms with Crippen molar-refractivity contribution in [3.05, 3.63) is 58.7 Å². The second-order valence-corrected chi connectivity index (χ2v) is 14.8. The SMILES string of the molecule is CC[C@H](C)[C@H](NC[C@@H](N)CSSC[C@H](N)CN[C@H](C(=O)Nc1ccc(C)cc1C)[C@@H](C)CC)C(=O)Nc1ccc(C)cc1C. The molecule has 0 aromatic heterocycles. The normalized spacial score (nSPS) is 15.6. The molecular formula is C34H56N6O2S2. The minimum absolute atomic E-state index is 0.0302. The van der Waals surface area contributed by atoms with Gasteiger partial charge in [-0.3, -0.25) is 9.59 Å². The zero-order chi connectivity index (χ0) is 32.8. The van der Waals surface area contributed by atoms with E-state index in [-0.39, 0.29) is 47.8 Å². The van der Waals surface area contributed by atoms with Gasteiger partial charge in [0.25, 0.3) is 0 Å². The van der Waals surface area contributed by atoms with Crippen LogP contribution in [0.25, 0.3) is 0 Å². The zero-order valence-electron chi connectivity index (χ0n) is 28.0. The highest BCUT2D eigenvalue weighted by atomic mass is 33.1. The molecule has 2 aromatic carbocycles. The fraction of sp³-hybridized carbons (Fsp3) is 0.588. The molecule has 2 amide bonds. The Morgan fingerprint density at radius 1 is 0.682 bits per heavy atom. The van der Waals surface area contributed by atoms with Crippen LogP contribution in [0.1, 0.15) is 62.8 Å². The number of aryl methyl sites for hydroxylation is 4. The molecule has 0 spiro atoms. The summed E-state index contributed by atoms with van der Waals surface area (Å²) < 4.78 is 0. The highest BCUT2D eigenvalue weighted by molar-refractivity contribution is 8.76. The summed E-state index contributed by atoms with van der Waals surface area (Å²) in [5.41, 5.74) is 19.0. The number of carbonyl (C=O) groups excluding carboxylic acids is 2. The zero-order valence-corrected chi connectivity index (χ0v) is 29.6. The van der Waals surface area contributed by atoms with Gasteiger partial charge in [-0.1, -0.05) is 97.5 Å². The molecule has 8 N–H and O–H groups in total. The van der Waals surface area contributed by atoms with Crippen LogP contribution in [-0.4, -0.2) is 60.6 Å². The first-order valence-electron chi connectivity index (χ1n) is 15.8. The van der Waals surface area contributed by atoms with Crippen LogP contribution in [0.3, 0.4) is 0 Å². The average Bonchev–Trinajstić information content (AvgIpc) is 2.98. The summed E-state index contributed by atoms with van der Waals surface area (Å²) in [6.07, 6.45) is 1.77. The molecule has 2 rings (SSSR count). The Hall–Kier alpha value is -2.08. The predicted molar refractivity (Wildman–Crippen MR) is 192 cm³/mol. The van der Waals surface area contributed by atoms with Crippen molar-refractivity contribution in [1.82, 2.24) is 10.6 Å². The Morgan fingerprint density at radius 3 is 1.36 bits per heavy atom. The molecule has 8 nitrogen and oxygen atoms in total. The molecule has 0 saturated heterocycles. The number of nitrogens with two attached hydrogens (primary N) is 2. The molecule has 6 atom stereocenters. The topological polar surface area (TPSA) is 134 Å². The monoisotopic (exact) mass is 644 g/mol. The maximum atomic E-state index is 13.2. The minimum Gasteiger partial charge on any atom is -0.326 e. The number of hydrogen-bond donors (Lipinski definition) is 6. The summed E-state index contributed by atoms with van der Waals surface area (Å²) in [6.45, 7) is 17.6. The molecule has 0 aliphatic heterocycles. The van der Waals surface area contributed by atoms with E-state index in [4.69, 9.17) is 11.5 Å². The van der Waals surface area contributed by atoms with Crippen LogP contribution >= 0.6 is 21.6 Å². The smallest absolute Gasteiger partial charge is 0.241 e. The average molecular weight is 645 g/mol. The Bertz CT molecular complexity index is 1100. The summed E-state index contributed by atoms with van der Waals surface area (Å²) in [7, 11) is 3.38. The van der Waals surface area contributed by atoms with Crippen LogP contribution in [0.15, 0.2) is 36.4 Å². The summed E-state index contributed by atoms with van der Waals surface area (Å²) >= 11 is 0. The van der Waals surface area contributed by atoms with E-state index in [0.717, 1.165) is 46.8 Å². The first-order valence-corrected chi connectivity index (χ1v) is 18.3. The summed E-state index contributed by atoms with van der Waals surface area (Å²) in [4.78, 5) is 26.3. The van der Waals surface area contributed by atoms with Crippen molar-refractivity contribution in [2.75, 3.05) is 35.2 Å². The molecule has 0 bridgehead atoms. The van der Waals surface area contributed by atoms with Gasteiger partial charge in [-0.2, -0.15) is 0 Å². The molecule has 246 valence electrons. The van der Waals surface area contributed by atoms with Crippen molar-refractivity contribution in [3.8, 4) is 0 Å². The summed E-state index contributed by atoms with van der Waals surface area (Å²) in [6, 6.07) is 11.2. The van der Waals surface area contributed by atoms with Crippen LogP contribution < -0.4 is 32.7 Å². The number of hydrogen-bond acceptors (Lipinski definition) is 8. The molecule has 0 radical (unpaired) electrons. The van der Waals surface area contributed by atoms with Crippen molar-refractivity contribution < 1.29 is 9.59 Å². The number of anilines is 2. The van der Waals surface area contributed by atoms with Gasteiger partial charge in [0.2, 0.25) is 11.8 Å². The van der Waals surface area contributed by atoms with Crippen LogP contribution in [0.5, 0.6) is 0 Å². The highest BCUT2D eigenvalue weighted by Crippen LogP contribution is 2.23. The predicted octanol–water partition coefficient (Wildman–Crippen LogP) is 5.54. The molecule has 10 heteroatoms. The van der Waals surface area contributed by atoms with Gasteiger partial charge in [-0.05, 0) is 62.8 Å². The Balaban J connectivity index is 1.77. The standard InChI is InChI=1S/C34H56N6O2S2/c1-9-23(5)31(33(41)39-29-13-11-21(3)15-25(29)7)37-17-27(35)19-43-44-20-28(36)18-38-32(24(6)10-2)34(42)40-30-14-12-22(4)16-26(30)8/h11-16,23-24,27-28,31-32,37-38H,9-10,17-20,35-36H2,1-8H3,(H,39,41)(H,40,42)/t23-,24-,27+,28+,31-,32-/m0/s1. The lowest BCUT2D eigenvalue weighted by atomic mass is 9.97. The lowest BCUT2D eigenvalue weighted by Crippen LogP contribution is -2.49. The molecule has 2 aromatic rings. The summed E-state index contributed by atoms with van der Waals surface area (Å²) in [5, 5.41) is 13.0. The highest BCUT2D eigenvalue weighted by Gasteiger charge is 2.26. The van der Waals surface area contributed by atoms with Crippen LogP contribution in [0.2, 0.25) is 0 Å². The largest absolute Gasteiger partial charge is 0.326 e. The van der Waals surface area contributed by atoms with Crippen molar-refractivity contribution in [2.45, 2.75) is 92.4 Å². The number of nitrogens with one attached hydrogen (secondary N) is 4. The number of amides is 2. The number of benzene rings is 2. The Morgan fingerprint density at radius 2 is 1.05 bits per heavy atom. The van der Waals surface area contributed by atoms with Gasteiger partial charge in [-0.25, -0.2) is 0 Å². The van der Waals surface area contributed by atoms with E-state index in [1.165, 1.54) is 11.1 Å². The van der Waals surface area contributed by atoms with E-state index in [9.17, 15) is 9.59 Å². The molecule has 0 unspecified atom stereocenters. The molecular weight excluding hydrogens is 589 g/mol. The van der Waals surface area contributed by atoms with E-state index in [1.807, 2.05) is 52.0 Å². The first-order chi connectivity index (χ1) is 20.9. The van der Waals surface area contributed by atoms with Gasteiger partial charge in [0.05, 0.1) is 12.1 Å². The molecule has 44 heavy (non-hydrogen) atoms. The second-order valence-electron chi connectivity index (χ2n) is 12.2. The number of rotatable bonds is 19. The van der Waals surface area contributed by atoms with Gasteiger partial charge < -0.3 is 32.7 Å². The van der Waals surface area contributed by atoms with Gasteiger partial charge in [-0.15, -0.1) is 0 Å². The van der Waals surface area contributed by atoms with Gasteiger partial charge >= 0.3 is 0 Å². The van der Waals surface area contributed by atoms with E-state index >= 15 is 0 Å². The summed E-state index contributed by atoms with van der Waals surface area (Å²) in [5.74, 6) is 1.75. The molecule has 0 heterocycles. The third kappa shape index (κ3) is 12.7. The van der Waals surface area contributed by atoms with Crippen LogP contribution in [0.4, 0.5) is 11.4 Å². The van der Waals surface area contributed by atoms with Crippen LogP contribution in [0, 0.1) is 39.5 Å². The van der Waals surface area contributed by atoms with E-state index < -0.39 is 0 Å². The van der Waals surface area contributed by atoms with E-state index in [1.54, 1.807) is 21.6 Å². The van der Waals surface area contributed by atoms with Crippen LogP contribution in [-0.2, 0) is 9.59 Å². The molecule has 0 aliphatic carbocycles. The van der Waals surface area contributed by atoms with Crippen molar-refractivity contribution in [1.29, 1.82) is 0 Å².